The fourth-order valence-electron chi connectivity index (χ4n) is 2.15. The molecule has 2 rings (SSSR count). The molecule has 1 aromatic rings. The molecular weight excluding hydrogens is 220 g/mol. The first-order valence-electron chi connectivity index (χ1n) is 5.84. The van der Waals surface area contributed by atoms with Gasteiger partial charge >= 0.3 is 5.97 Å². The average molecular weight is 236 g/mol. The Hall–Kier alpha value is -1.65. The molecule has 5 nitrogen and oxygen atoms in total. The van der Waals surface area contributed by atoms with Gasteiger partial charge in [0.05, 0.1) is 18.2 Å². The lowest BCUT2D eigenvalue weighted by Gasteiger charge is -2.22. The van der Waals surface area contributed by atoms with E-state index in [9.17, 15) is 9.59 Å². The lowest BCUT2D eigenvalue weighted by Crippen LogP contribution is -2.29. The van der Waals surface area contributed by atoms with Crippen molar-refractivity contribution in [2.24, 2.45) is 13.0 Å². The Morgan fingerprint density at radius 3 is 3.12 bits per heavy atom. The van der Waals surface area contributed by atoms with Gasteiger partial charge < -0.3 is 4.74 Å². The fraction of sp³-hybridized carbons (Fsp3) is 0.583. The number of hydrogen-bond donors (Lipinski definition) is 0. The number of esters is 1. The number of fused-ring (bicyclic) bond motifs is 1. The quantitative estimate of drug-likeness (QED) is 0.699. The van der Waals surface area contributed by atoms with Gasteiger partial charge in [-0.2, -0.15) is 5.10 Å². The van der Waals surface area contributed by atoms with Gasteiger partial charge in [0.2, 0.25) is 0 Å². The summed E-state index contributed by atoms with van der Waals surface area (Å²) in [5, 5.41) is 4.21. The molecule has 17 heavy (non-hydrogen) atoms. The highest BCUT2D eigenvalue weighted by Crippen LogP contribution is 2.23. The smallest absolute Gasteiger partial charge is 0.309 e. The first kappa shape index (κ1) is 11.8. The van der Waals surface area contributed by atoms with Gasteiger partial charge in [0, 0.05) is 13.1 Å². The molecule has 0 aliphatic heterocycles. The fourth-order valence-corrected chi connectivity index (χ4v) is 2.15. The van der Waals surface area contributed by atoms with Crippen LogP contribution >= 0.6 is 0 Å². The molecular formula is C12H16N2O3. The van der Waals surface area contributed by atoms with E-state index in [4.69, 9.17) is 4.74 Å². The van der Waals surface area contributed by atoms with Gasteiger partial charge in [0.1, 0.15) is 0 Å². The highest BCUT2D eigenvalue weighted by atomic mass is 16.5. The van der Waals surface area contributed by atoms with E-state index in [1.54, 1.807) is 20.0 Å². The highest BCUT2D eigenvalue weighted by molar-refractivity contribution is 5.73. The third-order valence-corrected chi connectivity index (χ3v) is 3.07. The van der Waals surface area contributed by atoms with Gasteiger partial charge in [-0.3, -0.25) is 9.59 Å². The molecule has 1 heterocycles. The third-order valence-electron chi connectivity index (χ3n) is 3.07. The van der Waals surface area contributed by atoms with Gasteiger partial charge in [-0.25, -0.2) is 4.68 Å². The normalized spacial score (nSPS) is 18.6. The summed E-state index contributed by atoms with van der Waals surface area (Å²) < 4.78 is 6.34. The van der Waals surface area contributed by atoms with E-state index >= 15 is 0 Å². The van der Waals surface area contributed by atoms with E-state index in [-0.39, 0.29) is 17.4 Å². The van der Waals surface area contributed by atoms with Crippen LogP contribution in [0.4, 0.5) is 0 Å². The molecule has 92 valence electrons. The number of nitrogens with zero attached hydrogens (tertiary/aromatic N) is 2. The highest BCUT2D eigenvalue weighted by Gasteiger charge is 2.27. The number of hydrogen-bond acceptors (Lipinski definition) is 4. The van der Waals surface area contributed by atoms with E-state index in [0.29, 0.717) is 13.0 Å². The van der Waals surface area contributed by atoms with Crippen molar-refractivity contribution in [3.05, 3.63) is 27.7 Å². The van der Waals surface area contributed by atoms with Crippen LogP contribution in [-0.4, -0.2) is 22.4 Å². The molecule has 0 saturated heterocycles. The molecule has 0 amide bonds. The zero-order valence-electron chi connectivity index (χ0n) is 10.1. The summed E-state index contributed by atoms with van der Waals surface area (Å²) in [6.07, 6.45) is 2.04. The minimum Gasteiger partial charge on any atom is -0.466 e. The second-order valence-corrected chi connectivity index (χ2v) is 4.27. The summed E-state index contributed by atoms with van der Waals surface area (Å²) >= 11 is 0. The van der Waals surface area contributed by atoms with Crippen LogP contribution < -0.4 is 5.56 Å². The van der Waals surface area contributed by atoms with Gasteiger partial charge in [-0.15, -0.1) is 0 Å². The van der Waals surface area contributed by atoms with Crippen LogP contribution in [0.5, 0.6) is 0 Å². The van der Waals surface area contributed by atoms with Crippen molar-refractivity contribution < 1.29 is 9.53 Å². The predicted molar refractivity (Wildman–Crippen MR) is 61.6 cm³/mol. The molecule has 0 N–H and O–H groups in total. The third kappa shape index (κ3) is 2.38. The Morgan fingerprint density at radius 1 is 1.65 bits per heavy atom. The van der Waals surface area contributed by atoms with E-state index in [2.05, 4.69) is 5.10 Å². The van der Waals surface area contributed by atoms with E-state index in [1.807, 2.05) is 0 Å². The van der Waals surface area contributed by atoms with E-state index in [0.717, 1.165) is 24.1 Å². The maximum absolute atomic E-state index is 11.6. The summed E-state index contributed by atoms with van der Waals surface area (Å²) in [4.78, 5) is 23.1. The molecule has 5 heteroatoms. The van der Waals surface area contributed by atoms with Crippen molar-refractivity contribution in [2.75, 3.05) is 6.61 Å². The molecule has 1 atom stereocenters. The van der Waals surface area contributed by atoms with Crippen molar-refractivity contribution in [1.82, 2.24) is 9.78 Å². The summed E-state index contributed by atoms with van der Waals surface area (Å²) in [6, 6.07) is 1.58. The van der Waals surface area contributed by atoms with Crippen LogP contribution in [-0.2, 0) is 29.4 Å². The molecule has 0 bridgehead atoms. The van der Waals surface area contributed by atoms with Crippen LogP contribution in [0.15, 0.2) is 10.9 Å². The number of aryl methyl sites for hydroxylation is 2. The van der Waals surface area contributed by atoms with Gasteiger partial charge in [0.25, 0.3) is 5.56 Å². The van der Waals surface area contributed by atoms with Gasteiger partial charge in [-0.05, 0) is 31.7 Å². The Kier molecular flexibility index (Phi) is 3.26. The SMILES string of the molecule is CCOC(=O)[C@@H]1CCc2nn(C)c(=O)cc2C1. The van der Waals surface area contributed by atoms with Crippen LogP contribution in [0.25, 0.3) is 0 Å². The Morgan fingerprint density at radius 2 is 2.41 bits per heavy atom. The molecule has 1 aromatic heterocycles. The first-order chi connectivity index (χ1) is 8.11. The molecule has 0 unspecified atom stereocenters. The molecule has 1 aliphatic rings. The summed E-state index contributed by atoms with van der Waals surface area (Å²) in [6.45, 7) is 2.20. The van der Waals surface area contributed by atoms with Crippen molar-refractivity contribution in [2.45, 2.75) is 26.2 Å². The molecule has 0 fully saturated rings. The topological polar surface area (TPSA) is 61.2 Å². The molecule has 0 saturated carbocycles. The second-order valence-electron chi connectivity index (χ2n) is 4.27. The lowest BCUT2D eigenvalue weighted by molar-refractivity contribution is -0.148. The van der Waals surface area contributed by atoms with Crippen molar-refractivity contribution in [3.63, 3.8) is 0 Å². The maximum atomic E-state index is 11.6. The number of carbonyl (C=O) groups is 1. The maximum Gasteiger partial charge on any atom is 0.309 e. The first-order valence-corrected chi connectivity index (χ1v) is 5.84. The zero-order valence-corrected chi connectivity index (χ0v) is 10.1. The number of carbonyl (C=O) groups excluding carboxylic acids is 1. The molecule has 0 spiro atoms. The average Bonchev–Trinajstić information content (AvgIpc) is 2.30. The Labute approximate surface area is 99.4 Å². The largest absolute Gasteiger partial charge is 0.466 e. The lowest BCUT2D eigenvalue weighted by atomic mass is 9.87. The van der Waals surface area contributed by atoms with Gasteiger partial charge in [-0.1, -0.05) is 0 Å². The monoisotopic (exact) mass is 236 g/mol. The number of ether oxygens (including phenoxy) is 1. The summed E-state index contributed by atoms with van der Waals surface area (Å²) in [5.41, 5.74) is 1.68. The van der Waals surface area contributed by atoms with Crippen molar-refractivity contribution >= 4 is 5.97 Å². The van der Waals surface area contributed by atoms with Crippen LogP contribution in [0.3, 0.4) is 0 Å². The molecule has 0 aromatic carbocycles. The minimum absolute atomic E-state index is 0.128. The Balaban J connectivity index is 2.21. The molecule has 0 radical (unpaired) electrons. The van der Waals surface area contributed by atoms with Crippen LogP contribution in [0.1, 0.15) is 24.6 Å². The van der Waals surface area contributed by atoms with E-state index < -0.39 is 0 Å². The summed E-state index contributed by atoms with van der Waals surface area (Å²) in [7, 11) is 1.64. The summed E-state index contributed by atoms with van der Waals surface area (Å²) in [5.74, 6) is -0.296. The second kappa shape index (κ2) is 4.69. The minimum atomic E-state index is -0.168. The predicted octanol–water partition coefficient (Wildman–Crippen LogP) is 0.448. The van der Waals surface area contributed by atoms with Crippen molar-refractivity contribution in [1.29, 1.82) is 0 Å². The van der Waals surface area contributed by atoms with E-state index in [1.165, 1.54) is 4.68 Å². The van der Waals surface area contributed by atoms with Gasteiger partial charge in [0.15, 0.2) is 0 Å². The van der Waals surface area contributed by atoms with Crippen LogP contribution in [0, 0.1) is 5.92 Å². The number of aromatic nitrogens is 2. The Bertz CT molecular complexity index is 493. The molecule has 1 aliphatic carbocycles. The van der Waals surface area contributed by atoms with Crippen molar-refractivity contribution in [3.8, 4) is 0 Å². The zero-order chi connectivity index (χ0) is 12.4. The number of rotatable bonds is 2. The standard InChI is InChI=1S/C12H16N2O3/c1-3-17-12(16)8-4-5-10-9(6-8)7-11(15)14(2)13-10/h7-8H,3-6H2,1-2H3/t8-/m1/s1. The van der Waals surface area contributed by atoms with Crippen LogP contribution in [0.2, 0.25) is 0 Å².